The molecule has 0 fully saturated rings. The third-order valence-electron chi connectivity index (χ3n) is 4.79. The fourth-order valence-electron chi connectivity index (χ4n) is 3.50. The zero-order valence-corrected chi connectivity index (χ0v) is 16.3. The number of aromatic nitrogens is 3. The molecule has 4 aromatic heterocycles. The SMILES string of the molecule is Cc1nc(-n2ccccc2=O)ccc1N1C(=O)Nc2c(C(=O)O)sc3nccc1c23. The van der Waals surface area contributed by atoms with Gasteiger partial charge in [0.2, 0.25) is 0 Å². The van der Waals surface area contributed by atoms with Gasteiger partial charge in [-0.25, -0.2) is 19.6 Å². The Hall–Kier alpha value is -4.05. The molecule has 30 heavy (non-hydrogen) atoms. The lowest BCUT2D eigenvalue weighted by molar-refractivity contribution is 0.0703. The quantitative estimate of drug-likeness (QED) is 0.525. The fraction of sp³-hybridized carbons (Fsp3) is 0.0500. The minimum absolute atomic E-state index is 0.0339. The molecule has 148 valence electrons. The number of nitrogens with zero attached hydrogens (tertiary/aromatic N) is 4. The highest BCUT2D eigenvalue weighted by Crippen LogP contribution is 2.45. The topological polar surface area (TPSA) is 117 Å². The van der Waals surface area contributed by atoms with E-state index >= 15 is 0 Å². The smallest absolute Gasteiger partial charge is 0.348 e. The molecule has 0 aliphatic carbocycles. The molecule has 5 rings (SSSR count). The summed E-state index contributed by atoms with van der Waals surface area (Å²) < 4.78 is 1.41. The first-order chi connectivity index (χ1) is 14.5. The Morgan fingerprint density at radius 1 is 1.13 bits per heavy atom. The van der Waals surface area contributed by atoms with Crippen molar-refractivity contribution in [2.24, 2.45) is 0 Å². The number of carboxylic acids is 1. The first-order valence-electron chi connectivity index (χ1n) is 8.87. The number of carbonyl (C=O) groups is 2. The van der Waals surface area contributed by atoms with Crippen molar-refractivity contribution in [3.63, 3.8) is 0 Å². The molecule has 5 heterocycles. The maximum absolute atomic E-state index is 13.0. The lowest BCUT2D eigenvalue weighted by atomic mass is 10.1. The van der Waals surface area contributed by atoms with Crippen molar-refractivity contribution in [1.82, 2.24) is 14.5 Å². The second-order valence-corrected chi connectivity index (χ2v) is 7.57. The molecule has 0 aromatic carbocycles. The van der Waals surface area contributed by atoms with Gasteiger partial charge in [0.05, 0.1) is 28.1 Å². The van der Waals surface area contributed by atoms with Crippen LogP contribution < -0.4 is 15.8 Å². The molecule has 0 radical (unpaired) electrons. The van der Waals surface area contributed by atoms with Crippen molar-refractivity contribution < 1.29 is 14.7 Å². The average molecular weight is 419 g/mol. The summed E-state index contributed by atoms with van der Waals surface area (Å²) in [5.41, 5.74) is 1.61. The van der Waals surface area contributed by atoms with E-state index in [4.69, 9.17) is 0 Å². The summed E-state index contributed by atoms with van der Waals surface area (Å²) in [7, 11) is 0. The van der Waals surface area contributed by atoms with Crippen molar-refractivity contribution in [1.29, 1.82) is 0 Å². The Labute approximate surface area is 172 Å². The molecule has 2 N–H and O–H groups in total. The van der Waals surface area contributed by atoms with Gasteiger partial charge in [-0.05, 0) is 31.2 Å². The zero-order chi connectivity index (χ0) is 21.0. The van der Waals surface area contributed by atoms with Crippen LogP contribution in [0.15, 0.2) is 53.6 Å². The molecule has 0 saturated heterocycles. The van der Waals surface area contributed by atoms with E-state index in [1.807, 2.05) is 0 Å². The third-order valence-corrected chi connectivity index (χ3v) is 5.88. The van der Waals surface area contributed by atoms with Crippen molar-refractivity contribution in [3.8, 4) is 5.82 Å². The van der Waals surface area contributed by atoms with Crippen LogP contribution in [-0.4, -0.2) is 31.6 Å². The highest BCUT2D eigenvalue weighted by molar-refractivity contribution is 7.21. The number of rotatable bonds is 3. The number of aryl methyl sites for hydroxylation is 1. The van der Waals surface area contributed by atoms with Crippen LogP contribution in [0.2, 0.25) is 0 Å². The predicted molar refractivity (Wildman–Crippen MR) is 112 cm³/mol. The van der Waals surface area contributed by atoms with Crippen LogP contribution in [0.1, 0.15) is 15.4 Å². The Morgan fingerprint density at radius 3 is 2.70 bits per heavy atom. The molecule has 1 aliphatic heterocycles. The molecule has 0 spiro atoms. The van der Waals surface area contributed by atoms with Gasteiger partial charge in [-0.3, -0.25) is 14.3 Å². The van der Waals surface area contributed by atoms with Gasteiger partial charge < -0.3 is 10.4 Å². The number of anilines is 3. The first-order valence-corrected chi connectivity index (χ1v) is 9.69. The maximum Gasteiger partial charge on any atom is 0.348 e. The number of hydrogen-bond donors (Lipinski definition) is 2. The molecule has 4 aromatic rings. The van der Waals surface area contributed by atoms with E-state index in [2.05, 4.69) is 15.3 Å². The summed E-state index contributed by atoms with van der Waals surface area (Å²) >= 11 is 1.01. The van der Waals surface area contributed by atoms with E-state index in [-0.39, 0.29) is 16.1 Å². The highest BCUT2D eigenvalue weighted by Gasteiger charge is 2.33. The fourth-order valence-corrected chi connectivity index (χ4v) is 4.46. The first kappa shape index (κ1) is 18.0. The summed E-state index contributed by atoms with van der Waals surface area (Å²) in [6.45, 7) is 1.74. The number of amides is 2. The standard InChI is InChI=1S/C20H13N5O4S/c1-10-11(5-6-13(22-10)24-9-3-2-4-14(24)26)25-12-7-8-21-18-15(12)16(23-20(25)29)17(30-18)19(27)28/h2-9H,1H3,(H,23,29)(H,27,28). The van der Waals surface area contributed by atoms with Crippen LogP contribution in [0, 0.1) is 6.92 Å². The minimum Gasteiger partial charge on any atom is -0.477 e. The van der Waals surface area contributed by atoms with Gasteiger partial charge in [0, 0.05) is 18.5 Å². The van der Waals surface area contributed by atoms with Crippen molar-refractivity contribution in [3.05, 3.63) is 69.7 Å². The molecule has 0 unspecified atom stereocenters. The molecule has 2 amide bonds. The average Bonchev–Trinajstić information content (AvgIpc) is 3.09. The lowest BCUT2D eigenvalue weighted by Crippen LogP contribution is -2.34. The number of thiophene rings is 1. The summed E-state index contributed by atoms with van der Waals surface area (Å²) in [6, 6.07) is 9.35. The summed E-state index contributed by atoms with van der Waals surface area (Å²) in [5, 5.41) is 12.7. The number of pyridine rings is 3. The number of aromatic carboxylic acids is 1. The van der Waals surface area contributed by atoms with Gasteiger partial charge in [0.15, 0.2) is 0 Å². The number of hydrogen-bond acceptors (Lipinski definition) is 6. The maximum atomic E-state index is 13.0. The Morgan fingerprint density at radius 2 is 1.97 bits per heavy atom. The Bertz CT molecular complexity index is 1420. The number of carbonyl (C=O) groups excluding carboxylic acids is 1. The molecule has 10 heteroatoms. The van der Waals surface area contributed by atoms with Crippen LogP contribution in [0.4, 0.5) is 21.9 Å². The highest BCUT2D eigenvalue weighted by atomic mass is 32.1. The molecule has 0 saturated carbocycles. The lowest BCUT2D eigenvalue weighted by Gasteiger charge is -2.29. The van der Waals surface area contributed by atoms with Gasteiger partial charge in [-0.1, -0.05) is 6.07 Å². The molecular formula is C20H13N5O4S. The van der Waals surface area contributed by atoms with Gasteiger partial charge in [-0.15, -0.1) is 11.3 Å². The zero-order valence-electron chi connectivity index (χ0n) is 15.5. The van der Waals surface area contributed by atoms with Crippen LogP contribution in [0.5, 0.6) is 0 Å². The largest absolute Gasteiger partial charge is 0.477 e. The summed E-state index contributed by atoms with van der Waals surface area (Å²) in [4.78, 5) is 47.4. The van der Waals surface area contributed by atoms with E-state index in [0.29, 0.717) is 33.1 Å². The monoisotopic (exact) mass is 419 g/mol. The van der Waals surface area contributed by atoms with E-state index in [9.17, 15) is 19.5 Å². The van der Waals surface area contributed by atoms with Gasteiger partial charge in [-0.2, -0.15) is 0 Å². The number of carboxylic acid groups (broad SMARTS) is 1. The normalized spacial score (nSPS) is 12.8. The second kappa shape index (κ2) is 6.49. The summed E-state index contributed by atoms with van der Waals surface area (Å²) in [6.07, 6.45) is 3.16. The molecule has 1 aliphatic rings. The van der Waals surface area contributed by atoms with Crippen LogP contribution in [0.3, 0.4) is 0 Å². The number of nitrogens with one attached hydrogen (secondary N) is 1. The minimum atomic E-state index is -1.12. The molecule has 9 nitrogen and oxygen atoms in total. The van der Waals surface area contributed by atoms with Gasteiger partial charge >= 0.3 is 12.0 Å². The van der Waals surface area contributed by atoms with Crippen molar-refractivity contribution in [2.75, 3.05) is 10.2 Å². The predicted octanol–water partition coefficient (Wildman–Crippen LogP) is 3.53. The van der Waals surface area contributed by atoms with Gasteiger partial charge in [0.25, 0.3) is 5.56 Å². The Balaban J connectivity index is 1.68. The molecule has 0 bridgehead atoms. The van der Waals surface area contributed by atoms with Crippen LogP contribution in [0.25, 0.3) is 16.0 Å². The van der Waals surface area contributed by atoms with Crippen LogP contribution >= 0.6 is 11.3 Å². The van der Waals surface area contributed by atoms with E-state index in [1.54, 1.807) is 43.5 Å². The second-order valence-electron chi connectivity index (χ2n) is 6.57. The van der Waals surface area contributed by atoms with Crippen LogP contribution in [-0.2, 0) is 0 Å². The van der Waals surface area contributed by atoms with E-state index in [1.165, 1.54) is 21.7 Å². The third kappa shape index (κ3) is 2.58. The molecule has 0 atom stereocenters. The number of urea groups is 1. The van der Waals surface area contributed by atoms with Crippen molar-refractivity contribution in [2.45, 2.75) is 6.92 Å². The summed E-state index contributed by atoms with van der Waals surface area (Å²) in [5.74, 6) is -0.688. The van der Waals surface area contributed by atoms with Crippen molar-refractivity contribution >= 4 is 50.6 Å². The van der Waals surface area contributed by atoms with E-state index < -0.39 is 12.0 Å². The molecular weight excluding hydrogens is 406 g/mol. The van der Waals surface area contributed by atoms with Gasteiger partial charge in [0.1, 0.15) is 15.5 Å². The Kier molecular flexibility index (Phi) is 3.90. The van der Waals surface area contributed by atoms with E-state index in [0.717, 1.165) is 11.3 Å².